The molecule has 8 nitrogen and oxygen atoms in total. The Kier molecular flexibility index (Phi) is 8.56. The Morgan fingerprint density at radius 1 is 0.633 bits per heavy atom. The van der Waals surface area contributed by atoms with E-state index in [1.54, 1.807) is 24.3 Å². The molecule has 0 fully saturated rings. The van der Waals surface area contributed by atoms with Gasteiger partial charge in [0.05, 0.1) is 13.2 Å². The molecule has 0 aliphatic carbocycles. The van der Waals surface area contributed by atoms with Crippen molar-refractivity contribution in [2.75, 3.05) is 13.2 Å². The lowest BCUT2D eigenvalue weighted by atomic mass is 10.2. The Morgan fingerprint density at radius 3 is 1.37 bits per heavy atom. The standard InChI is InChI=1S/C22H22O8/c1-3-13-27-17-11-7-5-9-15(17)19(23)29-21(25)22(26)30-20(24)16-10-6-8-12-18(16)28-14-4-2/h5-12H,3-4,13-14H2,1-2H3. The van der Waals surface area contributed by atoms with E-state index in [0.29, 0.717) is 26.1 Å². The van der Waals surface area contributed by atoms with Gasteiger partial charge >= 0.3 is 23.9 Å². The molecule has 0 amide bonds. The van der Waals surface area contributed by atoms with Gasteiger partial charge in [0.2, 0.25) is 0 Å². The zero-order chi connectivity index (χ0) is 21.9. The molecular formula is C22H22O8. The smallest absolute Gasteiger partial charge is 0.425 e. The number of hydrogen-bond donors (Lipinski definition) is 0. The first kappa shape index (κ1) is 22.6. The second-order valence-electron chi connectivity index (χ2n) is 6.04. The van der Waals surface area contributed by atoms with E-state index in [4.69, 9.17) is 9.47 Å². The SMILES string of the molecule is CCCOc1ccccc1C(=O)OC(=O)C(=O)OC(=O)c1ccccc1OCCC. The number of hydrogen-bond acceptors (Lipinski definition) is 8. The summed E-state index contributed by atoms with van der Waals surface area (Å²) < 4.78 is 19.9. The van der Waals surface area contributed by atoms with Crippen LogP contribution in [0.4, 0.5) is 0 Å². The van der Waals surface area contributed by atoms with Gasteiger partial charge in [-0.05, 0) is 37.1 Å². The van der Waals surface area contributed by atoms with E-state index in [0.717, 1.165) is 0 Å². The zero-order valence-corrected chi connectivity index (χ0v) is 16.7. The number of para-hydroxylation sites is 2. The van der Waals surface area contributed by atoms with Crippen LogP contribution >= 0.6 is 0 Å². The third-order valence-electron chi connectivity index (χ3n) is 3.67. The molecular weight excluding hydrogens is 392 g/mol. The summed E-state index contributed by atoms with van der Waals surface area (Å²) in [7, 11) is 0. The van der Waals surface area contributed by atoms with E-state index < -0.39 is 23.9 Å². The normalized spacial score (nSPS) is 10.1. The molecule has 2 rings (SSSR count). The largest absolute Gasteiger partial charge is 0.493 e. The van der Waals surface area contributed by atoms with Crippen LogP contribution in [0.3, 0.4) is 0 Å². The van der Waals surface area contributed by atoms with Crippen LogP contribution in [0.5, 0.6) is 11.5 Å². The van der Waals surface area contributed by atoms with Crippen molar-refractivity contribution < 1.29 is 38.1 Å². The molecule has 158 valence electrons. The fourth-order valence-electron chi connectivity index (χ4n) is 2.31. The van der Waals surface area contributed by atoms with E-state index in [1.165, 1.54) is 24.3 Å². The predicted octanol–water partition coefficient (Wildman–Crippen LogP) is 3.33. The Balaban J connectivity index is 2.03. The molecule has 8 heteroatoms. The quantitative estimate of drug-likeness (QED) is 0.368. The van der Waals surface area contributed by atoms with Crippen LogP contribution in [0.1, 0.15) is 47.4 Å². The number of benzene rings is 2. The van der Waals surface area contributed by atoms with Crippen molar-refractivity contribution in [3.8, 4) is 11.5 Å². The van der Waals surface area contributed by atoms with Crippen LogP contribution in [0, 0.1) is 0 Å². The van der Waals surface area contributed by atoms with Gasteiger partial charge in [-0.15, -0.1) is 0 Å². The Labute approximate surface area is 173 Å². The van der Waals surface area contributed by atoms with Crippen LogP contribution < -0.4 is 9.47 Å². The maximum Gasteiger partial charge on any atom is 0.425 e. The summed E-state index contributed by atoms with van der Waals surface area (Å²) in [5.41, 5.74) is -0.0616. The Morgan fingerprint density at radius 2 is 1.00 bits per heavy atom. The summed E-state index contributed by atoms with van der Waals surface area (Å²) in [6, 6.07) is 12.2. The zero-order valence-electron chi connectivity index (χ0n) is 16.7. The molecule has 2 aromatic carbocycles. The van der Waals surface area contributed by atoms with Gasteiger partial charge < -0.3 is 18.9 Å². The number of carbonyl (C=O) groups excluding carboxylic acids is 4. The molecule has 0 saturated heterocycles. The highest BCUT2D eigenvalue weighted by Gasteiger charge is 2.27. The molecule has 0 aliphatic heterocycles. The number of esters is 4. The minimum absolute atomic E-state index is 0.0308. The molecule has 30 heavy (non-hydrogen) atoms. The van der Waals surface area contributed by atoms with Crippen LogP contribution in [0.2, 0.25) is 0 Å². The summed E-state index contributed by atoms with van der Waals surface area (Å²) in [5, 5.41) is 0. The second kappa shape index (κ2) is 11.4. The molecule has 0 atom stereocenters. The van der Waals surface area contributed by atoms with Gasteiger partial charge in [0.1, 0.15) is 22.6 Å². The maximum atomic E-state index is 12.2. The van der Waals surface area contributed by atoms with Gasteiger partial charge in [-0.1, -0.05) is 38.1 Å². The summed E-state index contributed by atoms with van der Waals surface area (Å²) in [6.07, 6.45) is 1.42. The Hall–Kier alpha value is -3.68. The van der Waals surface area contributed by atoms with Crippen molar-refractivity contribution in [1.82, 2.24) is 0 Å². The highest BCUT2D eigenvalue weighted by molar-refractivity contribution is 6.34. The van der Waals surface area contributed by atoms with E-state index in [1.807, 2.05) is 13.8 Å². The van der Waals surface area contributed by atoms with Gasteiger partial charge in [0.25, 0.3) is 0 Å². The minimum atomic E-state index is -1.62. The summed E-state index contributed by atoms with van der Waals surface area (Å²) >= 11 is 0. The van der Waals surface area contributed by atoms with Crippen molar-refractivity contribution >= 4 is 23.9 Å². The number of rotatable bonds is 8. The highest BCUT2D eigenvalue weighted by Crippen LogP contribution is 2.21. The van der Waals surface area contributed by atoms with Crippen LogP contribution in [-0.4, -0.2) is 37.1 Å². The lowest BCUT2D eigenvalue weighted by Crippen LogP contribution is -2.26. The van der Waals surface area contributed by atoms with E-state index in [2.05, 4.69) is 9.47 Å². The van der Waals surface area contributed by atoms with Crippen molar-refractivity contribution in [2.45, 2.75) is 26.7 Å². The van der Waals surface area contributed by atoms with Gasteiger partial charge in [0, 0.05) is 0 Å². The lowest BCUT2D eigenvalue weighted by Gasteiger charge is -2.10. The van der Waals surface area contributed by atoms with Gasteiger partial charge in [0.15, 0.2) is 0 Å². The molecule has 0 unspecified atom stereocenters. The predicted molar refractivity (Wildman–Crippen MR) is 105 cm³/mol. The Bertz CT molecular complexity index is 843. The average Bonchev–Trinajstić information content (AvgIpc) is 2.76. The van der Waals surface area contributed by atoms with Crippen molar-refractivity contribution in [2.24, 2.45) is 0 Å². The third kappa shape index (κ3) is 6.16. The molecule has 0 saturated carbocycles. The molecule has 0 spiro atoms. The van der Waals surface area contributed by atoms with Crippen LogP contribution in [-0.2, 0) is 19.1 Å². The average molecular weight is 414 g/mol. The van der Waals surface area contributed by atoms with Crippen LogP contribution in [0.15, 0.2) is 48.5 Å². The monoisotopic (exact) mass is 414 g/mol. The fourth-order valence-corrected chi connectivity index (χ4v) is 2.31. The summed E-state index contributed by atoms with van der Waals surface area (Å²) in [6.45, 7) is 4.49. The van der Waals surface area contributed by atoms with Crippen molar-refractivity contribution in [3.05, 3.63) is 59.7 Å². The first-order valence-electron chi connectivity index (χ1n) is 9.44. The minimum Gasteiger partial charge on any atom is -0.493 e. The van der Waals surface area contributed by atoms with E-state index >= 15 is 0 Å². The molecule has 2 aromatic rings. The van der Waals surface area contributed by atoms with Gasteiger partial charge in [-0.2, -0.15) is 0 Å². The maximum absolute atomic E-state index is 12.2. The molecule has 0 heterocycles. The first-order valence-corrected chi connectivity index (χ1v) is 9.44. The molecule has 0 aromatic heterocycles. The van der Waals surface area contributed by atoms with E-state index in [9.17, 15) is 19.2 Å². The lowest BCUT2D eigenvalue weighted by molar-refractivity contribution is -0.160. The molecule has 0 bridgehead atoms. The van der Waals surface area contributed by atoms with Gasteiger partial charge in [-0.25, -0.2) is 19.2 Å². The highest BCUT2D eigenvalue weighted by atomic mass is 16.6. The fraction of sp³-hybridized carbons (Fsp3) is 0.273. The topological polar surface area (TPSA) is 105 Å². The van der Waals surface area contributed by atoms with Crippen LogP contribution in [0.25, 0.3) is 0 Å². The van der Waals surface area contributed by atoms with Gasteiger partial charge in [-0.3, -0.25) is 0 Å². The van der Waals surface area contributed by atoms with E-state index in [-0.39, 0.29) is 22.6 Å². The number of ether oxygens (including phenoxy) is 4. The first-order chi connectivity index (χ1) is 14.5. The molecule has 0 aliphatic rings. The summed E-state index contributed by atoms with van der Waals surface area (Å²) in [5.74, 6) is -5.01. The van der Waals surface area contributed by atoms with Crippen molar-refractivity contribution in [1.29, 1.82) is 0 Å². The number of carbonyl (C=O) groups is 4. The molecule has 0 radical (unpaired) electrons. The third-order valence-corrected chi connectivity index (χ3v) is 3.67. The molecule has 0 N–H and O–H groups in total. The second-order valence-corrected chi connectivity index (χ2v) is 6.04. The summed E-state index contributed by atoms with van der Waals surface area (Å²) in [4.78, 5) is 48.3. The van der Waals surface area contributed by atoms with Crippen molar-refractivity contribution in [3.63, 3.8) is 0 Å².